The maximum absolute atomic E-state index is 13.5. The number of ether oxygens (including phenoxy) is 2. The SMILES string of the molecule is CCCCCCCN1C(=O)/C(=c2\sc3nc([C@@H]4COc5ccccc5O4)nn3c2=O)c2ccccc21. The second-order valence-electron chi connectivity index (χ2n) is 9.03. The molecule has 8 nitrogen and oxygen atoms in total. The molecule has 2 aromatic heterocycles. The molecule has 36 heavy (non-hydrogen) atoms. The number of thiazole rings is 1. The Bertz CT molecular complexity index is 1560. The van der Waals surface area contributed by atoms with E-state index in [1.807, 2.05) is 53.4 Å². The first-order chi connectivity index (χ1) is 17.7. The van der Waals surface area contributed by atoms with Crippen LogP contribution in [0.15, 0.2) is 53.3 Å². The number of hydrogen-bond acceptors (Lipinski definition) is 7. The smallest absolute Gasteiger partial charge is 0.291 e. The van der Waals surface area contributed by atoms with Gasteiger partial charge in [-0.2, -0.15) is 9.50 Å². The van der Waals surface area contributed by atoms with Crippen molar-refractivity contribution in [1.29, 1.82) is 0 Å². The molecule has 2 aromatic carbocycles. The molecule has 0 saturated heterocycles. The maximum Gasteiger partial charge on any atom is 0.291 e. The molecule has 1 amide bonds. The molecule has 0 unspecified atom stereocenters. The van der Waals surface area contributed by atoms with Crippen LogP contribution in [0.4, 0.5) is 5.69 Å². The highest BCUT2D eigenvalue weighted by Gasteiger charge is 2.34. The monoisotopic (exact) mass is 502 g/mol. The highest BCUT2D eigenvalue weighted by atomic mass is 32.1. The van der Waals surface area contributed by atoms with Crippen molar-refractivity contribution in [3.05, 3.63) is 74.8 Å². The zero-order valence-electron chi connectivity index (χ0n) is 20.0. The molecule has 184 valence electrons. The molecule has 0 saturated carbocycles. The van der Waals surface area contributed by atoms with E-state index >= 15 is 0 Å². The highest BCUT2D eigenvalue weighted by molar-refractivity contribution is 7.15. The molecule has 1 atom stereocenters. The Morgan fingerprint density at radius 2 is 1.78 bits per heavy atom. The molecule has 9 heteroatoms. The van der Waals surface area contributed by atoms with Gasteiger partial charge in [0.1, 0.15) is 11.1 Å². The first-order valence-corrected chi connectivity index (χ1v) is 13.2. The van der Waals surface area contributed by atoms with Crippen molar-refractivity contribution in [3.8, 4) is 11.5 Å². The van der Waals surface area contributed by atoms with Crippen LogP contribution < -0.4 is 24.5 Å². The fraction of sp³-hybridized carbons (Fsp3) is 0.333. The summed E-state index contributed by atoms with van der Waals surface area (Å²) in [6.07, 6.45) is 5.05. The summed E-state index contributed by atoms with van der Waals surface area (Å²) in [7, 11) is 0. The number of hydrogen-bond donors (Lipinski definition) is 0. The maximum atomic E-state index is 13.5. The van der Waals surface area contributed by atoms with E-state index in [1.54, 1.807) is 0 Å². The molecule has 0 radical (unpaired) electrons. The van der Waals surface area contributed by atoms with Crippen molar-refractivity contribution in [2.24, 2.45) is 0 Å². The third kappa shape index (κ3) is 3.83. The average Bonchev–Trinajstić information content (AvgIpc) is 3.54. The molecule has 4 heterocycles. The minimum Gasteiger partial charge on any atom is -0.485 e. The van der Waals surface area contributed by atoms with Crippen molar-refractivity contribution in [2.75, 3.05) is 18.1 Å². The van der Waals surface area contributed by atoms with Gasteiger partial charge in [-0.3, -0.25) is 9.59 Å². The van der Waals surface area contributed by atoms with Crippen molar-refractivity contribution in [2.45, 2.75) is 45.1 Å². The van der Waals surface area contributed by atoms with Crippen LogP contribution in [0.2, 0.25) is 0 Å². The van der Waals surface area contributed by atoms with Crippen LogP contribution in [0.1, 0.15) is 56.5 Å². The van der Waals surface area contributed by atoms with E-state index in [4.69, 9.17) is 9.47 Å². The third-order valence-electron chi connectivity index (χ3n) is 6.61. The number of unbranched alkanes of at least 4 members (excludes halogenated alkanes) is 4. The number of nitrogens with zero attached hydrogens (tertiary/aromatic N) is 4. The molecule has 6 rings (SSSR count). The predicted molar refractivity (Wildman–Crippen MR) is 138 cm³/mol. The molecular formula is C27H26N4O4S. The molecule has 0 bridgehead atoms. The van der Waals surface area contributed by atoms with Crippen molar-refractivity contribution < 1.29 is 14.3 Å². The molecule has 2 aliphatic rings. The van der Waals surface area contributed by atoms with Gasteiger partial charge in [0.05, 0.1) is 11.3 Å². The topological polar surface area (TPSA) is 86.0 Å². The number of para-hydroxylation sites is 3. The lowest BCUT2D eigenvalue weighted by Gasteiger charge is -2.24. The quantitative estimate of drug-likeness (QED) is 0.357. The van der Waals surface area contributed by atoms with E-state index in [0.29, 0.717) is 38.9 Å². The van der Waals surface area contributed by atoms with E-state index < -0.39 is 6.10 Å². The number of aromatic nitrogens is 3. The van der Waals surface area contributed by atoms with Gasteiger partial charge >= 0.3 is 0 Å². The number of amides is 1. The van der Waals surface area contributed by atoms with Gasteiger partial charge in [-0.05, 0) is 24.6 Å². The molecule has 0 fully saturated rings. The Kier molecular flexibility index (Phi) is 5.92. The molecule has 0 aliphatic carbocycles. The zero-order chi connectivity index (χ0) is 24.6. The van der Waals surface area contributed by atoms with E-state index in [0.717, 1.165) is 24.1 Å². The predicted octanol–water partition coefficient (Wildman–Crippen LogP) is 3.90. The Morgan fingerprint density at radius 3 is 2.61 bits per heavy atom. The van der Waals surface area contributed by atoms with E-state index in [1.165, 1.54) is 35.1 Å². The van der Waals surface area contributed by atoms with Crippen LogP contribution in [-0.2, 0) is 4.79 Å². The van der Waals surface area contributed by atoms with Crippen molar-refractivity contribution >= 4 is 33.5 Å². The summed E-state index contributed by atoms with van der Waals surface area (Å²) in [6.45, 7) is 3.08. The third-order valence-corrected chi connectivity index (χ3v) is 7.64. The number of benzene rings is 2. The average molecular weight is 503 g/mol. The Morgan fingerprint density at radius 1 is 1.00 bits per heavy atom. The Labute approximate surface area is 211 Å². The minimum atomic E-state index is -0.514. The number of carbonyl (C=O) groups excluding carboxylic acids is 1. The van der Waals surface area contributed by atoms with Crippen LogP contribution in [0.3, 0.4) is 0 Å². The van der Waals surface area contributed by atoms with E-state index in [-0.39, 0.29) is 18.1 Å². The molecule has 0 spiro atoms. The lowest BCUT2D eigenvalue weighted by Crippen LogP contribution is -2.33. The first kappa shape index (κ1) is 22.7. The zero-order valence-corrected chi connectivity index (χ0v) is 20.8. The molecule has 0 N–H and O–H groups in total. The highest BCUT2D eigenvalue weighted by Crippen LogP contribution is 2.36. The molecule has 2 aliphatic heterocycles. The van der Waals surface area contributed by atoms with Gasteiger partial charge in [-0.15, -0.1) is 5.10 Å². The van der Waals surface area contributed by atoms with Crippen LogP contribution in [0.5, 0.6) is 11.5 Å². The van der Waals surface area contributed by atoms with Crippen molar-refractivity contribution in [1.82, 2.24) is 14.6 Å². The van der Waals surface area contributed by atoms with Crippen LogP contribution in [0, 0.1) is 0 Å². The number of carbonyl (C=O) groups is 1. The number of fused-ring (bicyclic) bond motifs is 3. The van der Waals surface area contributed by atoms with Gasteiger partial charge in [-0.25, -0.2) is 0 Å². The van der Waals surface area contributed by atoms with E-state index in [9.17, 15) is 9.59 Å². The Balaban J connectivity index is 1.33. The summed E-state index contributed by atoms with van der Waals surface area (Å²) in [5.41, 5.74) is 1.75. The van der Waals surface area contributed by atoms with Crippen LogP contribution in [-0.4, -0.2) is 33.7 Å². The normalized spacial score (nSPS) is 18.2. The Hall–Kier alpha value is -3.72. The van der Waals surface area contributed by atoms with Gasteiger partial charge in [0.2, 0.25) is 4.96 Å². The van der Waals surface area contributed by atoms with Gasteiger partial charge < -0.3 is 14.4 Å². The van der Waals surface area contributed by atoms with Gasteiger partial charge in [0.25, 0.3) is 11.5 Å². The molecular weight excluding hydrogens is 476 g/mol. The first-order valence-electron chi connectivity index (χ1n) is 12.4. The lowest BCUT2D eigenvalue weighted by molar-refractivity contribution is -0.113. The van der Waals surface area contributed by atoms with Gasteiger partial charge in [0, 0.05) is 12.1 Å². The van der Waals surface area contributed by atoms with Crippen molar-refractivity contribution in [3.63, 3.8) is 0 Å². The second kappa shape index (κ2) is 9.39. The number of rotatable bonds is 7. The number of anilines is 1. The summed E-state index contributed by atoms with van der Waals surface area (Å²) in [5.74, 6) is 1.55. The largest absolute Gasteiger partial charge is 0.485 e. The summed E-state index contributed by atoms with van der Waals surface area (Å²) < 4.78 is 13.4. The fourth-order valence-corrected chi connectivity index (χ4v) is 5.78. The minimum absolute atomic E-state index is 0.130. The lowest BCUT2D eigenvalue weighted by atomic mass is 10.1. The standard InChI is InChI=1S/C27H26N4O4S/c1-2-3-4-5-10-15-30-18-12-7-6-11-17(18)22(25(30)32)23-26(33)31-27(36-23)28-24(29-31)21-16-34-19-13-8-9-14-20(19)35-21/h6-9,11-14,21H,2-5,10,15-16H2,1H3/b23-22-/t21-/m0/s1. The van der Waals surface area contributed by atoms with E-state index in [2.05, 4.69) is 17.0 Å². The summed E-state index contributed by atoms with van der Waals surface area (Å²) in [6, 6.07) is 15.1. The summed E-state index contributed by atoms with van der Waals surface area (Å²) in [4.78, 5) is 33.8. The summed E-state index contributed by atoms with van der Waals surface area (Å²) >= 11 is 1.19. The summed E-state index contributed by atoms with van der Waals surface area (Å²) in [5, 5.41) is 4.44. The fourth-order valence-electron chi connectivity index (χ4n) is 4.78. The van der Waals surface area contributed by atoms with Gasteiger partial charge in [0.15, 0.2) is 23.4 Å². The van der Waals surface area contributed by atoms with Gasteiger partial charge in [-0.1, -0.05) is 74.3 Å². The van der Waals surface area contributed by atoms with Crippen LogP contribution >= 0.6 is 11.3 Å². The second-order valence-corrected chi connectivity index (χ2v) is 10.0. The van der Waals surface area contributed by atoms with Crippen LogP contribution in [0.25, 0.3) is 10.5 Å². The molecule has 4 aromatic rings.